The summed E-state index contributed by atoms with van der Waals surface area (Å²) in [4.78, 5) is 12.0. The molecule has 0 fully saturated rings. The van der Waals surface area contributed by atoms with E-state index in [4.69, 9.17) is 0 Å². The maximum atomic E-state index is 12.9. The molecule has 24 heavy (non-hydrogen) atoms. The van der Waals surface area contributed by atoms with Crippen LogP contribution >= 0.6 is 31.9 Å². The van der Waals surface area contributed by atoms with Gasteiger partial charge in [0.15, 0.2) is 0 Å². The topological polar surface area (TPSA) is 66.5 Å². The van der Waals surface area contributed by atoms with Crippen molar-refractivity contribution in [3.63, 3.8) is 0 Å². The maximum Gasteiger partial charge on any atom is 0.243 e. The maximum absolute atomic E-state index is 12.9. The average molecular weight is 480 g/mol. The van der Waals surface area contributed by atoms with Crippen molar-refractivity contribution in [1.29, 1.82) is 0 Å². The Labute approximate surface area is 156 Å². The van der Waals surface area contributed by atoms with Crippen molar-refractivity contribution in [2.45, 2.75) is 4.90 Å². The molecule has 0 saturated heterocycles. The third kappa shape index (κ3) is 4.62. The number of rotatable bonds is 5. The lowest BCUT2D eigenvalue weighted by molar-refractivity contribution is -0.116. The minimum absolute atomic E-state index is 0.0796. The number of amides is 1. The van der Waals surface area contributed by atoms with Gasteiger partial charge in [0.25, 0.3) is 0 Å². The molecule has 128 valence electrons. The van der Waals surface area contributed by atoms with Gasteiger partial charge < -0.3 is 5.32 Å². The monoisotopic (exact) mass is 478 g/mol. The van der Waals surface area contributed by atoms with Crippen LogP contribution < -0.4 is 5.32 Å². The number of likely N-dealkylation sites (N-methyl/N-ethyl adjacent to an activating group) is 1. The van der Waals surface area contributed by atoms with Crippen LogP contribution in [0.5, 0.6) is 0 Å². The van der Waals surface area contributed by atoms with Crippen molar-refractivity contribution in [2.75, 3.05) is 18.9 Å². The number of nitrogens with one attached hydrogen (secondary N) is 1. The Balaban J connectivity index is 2.09. The highest BCUT2D eigenvalue weighted by atomic mass is 79.9. The van der Waals surface area contributed by atoms with E-state index in [2.05, 4.69) is 37.2 Å². The number of sulfonamides is 1. The fourth-order valence-corrected chi connectivity index (χ4v) is 4.13. The second kappa shape index (κ2) is 7.73. The van der Waals surface area contributed by atoms with Crippen LogP contribution in [0.3, 0.4) is 0 Å². The summed E-state index contributed by atoms with van der Waals surface area (Å²) >= 11 is 6.62. The number of anilines is 1. The number of carbonyl (C=O) groups is 1. The molecular weight excluding hydrogens is 467 g/mol. The standard InChI is InChI=1S/C15H13Br2FN2O3S/c1-20(24(22,23)12-5-3-11(18)4-6-12)9-15(21)19-14-7-2-10(16)8-13(14)17/h2-8H,9H2,1H3,(H,19,21). The summed E-state index contributed by atoms with van der Waals surface area (Å²) in [5.41, 5.74) is 0.524. The van der Waals surface area contributed by atoms with E-state index >= 15 is 0 Å². The Morgan fingerprint density at radius 3 is 2.38 bits per heavy atom. The Hall–Kier alpha value is -1.29. The largest absolute Gasteiger partial charge is 0.324 e. The smallest absolute Gasteiger partial charge is 0.243 e. The third-order valence-corrected chi connectivity index (χ3v) is 6.06. The molecule has 0 aliphatic rings. The third-order valence-electron chi connectivity index (χ3n) is 3.09. The van der Waals surface area contributed by atoms with Crippen LogP contribution in [0.25, 0.3) is 0 Å². The number of halogens is 3. The van der Waals surface area contributed by atoms with E-state index in [9.17, 15) is 17.6 Å². The van der Waals surface area contributed by atoms with Crippen molar-refractivity contribution in [3.8, 4) is 0 Å². The van der Waals surface area contributed by atoms with E-state index < -0.39 is 21.7 Å². The highest BCUT2D eigenvalue weighted by molar-refractivity contribution is 9.11. The van der Waals surface area contributed by atoms with Gasteiger partial charge in [-0.15, -0.1) is 0 Å². The fraction of sp³-hybridized carbons (Fsp3) is 0.133. The number of benzene rings is 2. The molecule has 0 saturated carbocycles. The van der Waals surface area contributed by atoms with Crippen LogP contribution in [-0.2, 0) is 14.8 Å². The number of hydrogen-bond donors (Lipinski definition) is 1. The van der Waals surface area contributed by atoms with E-state index in [0.29, 0.717) is 10.2 Å². The SMILES string of the molecule is CN(CC(=O)Nc1ccc(Br)cc1Br)S(=O)(=O)c1ccc(F)cc1. The van der Waals surface area contributed by atoms with Crippen LogP contribution in [0, 0.1) is 5.82 Å². The van der Waals surface area contributed by atoms with E-state index in [1.54, 1.807) is 18.2 Å². The summed E-state index contributed by atoms with van der Waals surface area (Å²) in [5.74, 6) is -1.03. The highest BCUT2D eigenvalue weighted by Crippen LogP contribution is 2.26. The molecule has 1 N–H and O–H groups in total. The lowest BCUT2D eigenvalue weighted by Gasteiger charge is -2.17. The van der Waals surface area contributed by atoms with Gasteiger partial charge in [0.1, 0.15) is 5.82 Å². The normalized spacial score (nSPS) is 11.5. The molecule has 0 aliphatic heterocycles. The molecule has 0 heterocycles. The number of nitrogens with zero attached hydrogens (tertiary/aromatic N) is 1. The first-order valence-corrected chi connectivity index (χ1v) is 9.69. The second-order valence-corrected chi connectivity index (χ2v) is 8.70. The Morgan fingerprint density at radius 2 is 1.79 bits per heavy atom. The first-order chi connectivity index (χ1) is 11.2. The molecule has 2 rings (SSSR count). The molecule has 1 amide bonds. The van der Waals surface area contributed by atoms with Gasteiger partial charge in [-0.1, -0.05) is 15.9 Å². The summed E-state index contributed by atoms with van der Waals surface area (Å²) in [6, 6.07) is 9.61. The van der Waals surface area contributed by atoms with E-state index in [1.807, 2.05) is 0 Å². The molecule has 0 aliphatic carbocycles. The molecule has 5 nitrogen and oxygen atoms in total. The predicted octanol–water partition coefficient (Wildman–Crippen LogP) is 3.61. The predicted molar refractivity (Wildman–Crippen MR) is 96.7 cm³/mol. The molecule has 0 bridgehead atoms. The van der Waals surface area contributed by atoms with Crippen molar-refractivity contribution in [1.82, 2.24) is 4.31 Å². The lowest BCUT2D eigenvalue weighted by Crippen LogP contribution is -2.35. The average Bonchev–Trinajstić information content (AvgIpc) is 2.50. The van der Waals surface area contributed by atoms with Crippen LogP contribution in [0.4, 0.5) is 10.1 Å². The summed E-state index contributed by atoms with van der Waals surface area (Å²) in [5, 5.41) is 2.63. The van der Waals surface area contributed by atoms with Gasteiger partial charge in [-0.25, -0.2) is 12.8 Å². The van der Waals surface area contributed by atoms with Gasteiger partial charge in [-0.2, -0.15) is 4.31 Å². The van der Waals surface area contributed by atoms with Gasteiger partial charge in [-0.05, 0) is 58.4 Å². The van der Waals surface area contributed by atoms with Crippen LogP contribution in [0.2, 0.25) is 0 Å². The van der Waals surface area contributed by atoms with E-state index in [0.717, 1.165) is 33.0 Å². The van der Waals surface area contributed by atoms with Crippen LogP contribution in [0.1, 0.15) is 0 Å². The zero-order chi connectivity index (χ0) is 17.9. The van der Waals surface area contributed by atoms with Gasteiger partial charge >= 0.3 is 0 Å². The Kier molecular flexibility index (Phi) is 6.13. The summed E-state index contributed by atoms with van der Waals surface area (Å²) in [7, 11) is -2.59. The summed E-state index contributed by atoms with van der Waals surface area (Å²) in [6.07, 6.45) is 0. The Bertz CT molecular complexity index is 858. The van der Waals surface area contributed by atoms with Gasteiger partial charge in [-0.3, -0.25) is 4.79 Å². The molecule has 0 aromatic heterocycles. The molecule has 2 aromatic rings. The molecular formula is C15H13Br2FN2O3S. The number of carbonyl (C=O) groups excluding carboxylic acids is 1. The molecule has 0 radical (unpaired) electrons. The van der Waals surface area contributed by atoms with Gasteiger partial charge in [0.2, 0.25) is 15.9 Å². The highest BCUT2D eigenvalue weighted by Gasteiger charge is 2.23. The van der Waals surface area contributed by atoms with Crippen molar-refractivity contribution in [2.24, 2.45) is 0 Å². The first kappa shape index (κ1) is 19.0. The lowest BCUT2D eigenvalue weighted by atomic mass is 10.3. The quantitative estimate of drug-likeness (QED) is 0.712. The van der Waals surface area contributed by atoms with E-state index in [1.165, 1.54) is 7.05 Å². The zero-order valence-corrected chi connectivity index (χ0v) is 16.5. The molecule has 0 spiro atoms. The molecule has 0 unspecified atom stereocenters. The van der Waals surface area contributed by atoms with Crippen LogP contribution in [-0.4, -0.2) is 32.2 Å². The van der Waals surface area contributed by atoms with Gasteiger partial charge in [0.05, 0.1) is 17.1 Å². The summed E-state index contributed by atoms with van der Waals surface area (Å²) < 4.78 is 40.0. The van der Waals surface area contributed by atoms with Crippen molar-refractivity contribution in [3.05, 3.63) is 57.2 Å². The molecule has 2 aromatic carbocycles. The van der Waals surface area contributed by atoms with Crippen molar-refractivity contribution >= 4 is 53.5 Å². The Morgan fingerprint density at radius 1 is 1.17 bits per heavy atom. The summed E-state index contributed by atoms with van der Waals surface area (Å²) in [6.45, 7) is -0.373. The fourth-order valence-electron chi connectivity index (χ4n) is 1.85. The molecule has 9 heteroatoms. The second-order valence-electron chi connectivity index (χ2n) is 4.89. The minimum Gasteiger partial charge on any atom is -0.324 e. The van der Waals surface area contributed by atoms with Crippen molar-refractivity contribution < 1.29 is 17.6 Å². The molecule has 0 atom stereocenters. The minimum atomic E-state index is -3.87. The van der Waals surface area contributed by atoms with Crippen LogP contribution in [0.15, 0.2) is 56.3 Å². The number of hydrogen-bond acceptors (Lipinski definition) is 3. The van der Waals surface area contributed by atoms with Gasteiger partial charge in [0, 0.05) is 16.0 Å². The zero-order valence-electron chi connectivity index (χ0n) is 12.5. The van der Waals surface area contributed by atoms with E-state index in [-0.39, 0.29) is 11.4 Å². The first-order valence-electron chi connectivity index (χ1n) is 6.67.